The van der Waals surface area contributed by atoms with Gasteiger partial charge in [-0.15, -0.1) is 12.4 Å². The number of nitrogens with one attached hydrogen (secondary N) is 1. The number of carbonyl (C=O) groups excluding carboxylic acids is 1. The molecule has 1 fully saturated rings. The van der Waals surface area contributed by atoms with Crippen molar-refractivity contribution in [3.8, 4) is 0 Å². The van der Waals surface area contributed by atoms with E-state index in [1.54, 1.807) is 18.7 Å². The number of nitrogens with zero attached hydrogens (tertiary/aromatic N) is 1. The van der Waals surface area contributed by atoms with E-state index in [9.17, 15) is 13.2 Å². The summed E-state index contributed by atoms with van der Waals surface area (Å²) in [5.74, 6) is -0.210. The highest BCUT2D eigenvalue weighted by Crippen LogP contribution is 2.29. The standard InChI is InChI=1S/C12H25N3O3S.ClH/c1-11(2)8-15(7-6-9(11)13)10(16)12(3,4)14-19(5,17)18;/h9,14H,6-8,13H2,1-5H3;1H. The maximum atomic E-state index is 12.5. The van der Waals surface area contributed by atoms with Crippen molar-refractivity contribution in [2.75, 3.05) is 19.3 Å². The fourth-order valence-corrected chi connectivity index (χ4v) is 3.46. The van der Waals surface area contributed by atoms with Crippen LogP contribution in [0.3, 0.4) is 0 Å². The highest BCUT2D eigenvalue weighted by atomic mass is 35.5. The fraction of sp³-hybridized carbons (Fsp3) is 0.917. The molecular formula is C12H26ClN3O3S. The van der Waals surface area contributed by atoms with Crippen molar-refractivity contribution in [3.05, 3.63) is 0 Å². The zero-order valence-electron chi connectivity index (χ0n) is 12.8. The number of hydrogen-bond donors (Lipinski definition) is 2. The number of rotatable bonds is 3. The Kier molecular flexibility index (Phi) is 6.06. The number of nitrogens with two attached hydrogens (primary N) is 1. The van der Waals surface area contributed by atoms with Crippen LogP contribution in [0.1, 0.15) is 34.1 Å². The highest BCUT2D eigenvalue weighted by molar-refractivity contribution is 7.88. The van der Waals surface area contributed by atoms with Gasteiger partial charge in [-0.25, -0.2) is 13.1 Å². The molecular weight excluding hydrogens is 302 g/mol. The van der Waals surface area contributed by atoms with Crippen LogP contribution in [0.2, 0.25) is 0 Å². The maximum absolute atomic E-state index is 12.5. The van der Waals surface area contributed by atoms with Gasteiger partial charge < -0.3 is 10.6 Å². The van der Waals surface area contributed by atoms with Crippen LogP contribution in [-0.4, -0.2) is 50.2 Å². The number of carbonyl (C=O) groups is 1. The molecule has 120 valence electrons. The molecule has 20 heavy (non-hydrogen) atoms. The van der Waals surface area contributed by atoms with Crippen molar-refractivity contribution in [1.82, 2.24) is 9.62 Å². The molecule has 1 saturated heterocycles. The molecule has 0 bridgehead atoms. The zero-order chi connectivity index (χ0) is 15.1. The quantitative estimate of drug-likeness (QED) is 0.781. The Morgan fingerprint density at radius 1 is 1.40 bits per heavy atom. The van der Waals surface area contributed by atoms with E-state index in [0.717, 1.165) is 12.7 Å². The molecule has 0 aromatic carbocycles. The van der Waals surface area contributed by atoms with Crippen molar-refractivity contribution < 1.29 is 13.2 Å². The normalized spacial score (nSPS) is 23.1. The first-order valence-electron chi connectivity index (χ1n) is 6.39. The van der Waals surface area contributed by atoms with Gasteiger partial charge in [-0.2, -0.15) is 0 Å². The summed E-state index contributed by atoms with van der Waals surface area (Å²) in [5.41, 5.74) is 4.74. The van der Waals surface area contributed by atoms with Crippen LogP contribution in [-0.2, 0) is 14.8 Å². The second-order valence-electron chi connectivity index (χ2n) is 6.61. The number of amides is 1. The highest BCUT2D eigenvalue weighted by Gasteiger charge is 2.40. The molecule has 0 aromatic rings. The Balaban J connectivity index is 0.00000361. The molecule has 1 atom stereocenters. The van der Waals surface area contributed by atoms with E-state index in [1.165, 1.54) is 0 Å². The van der Waals surface area contributed by atoms with Crippen molar-refractivity contribution in [1.29, 1.82) is 0 Å². The lowest BCUT2D eigenvalue weighted by Gasteiger charge is -2.44. The zero-order valence-corrected chi connectivity index (χ0v) is 14.4. The summed E-state index contributed by atoms with van der Waals surface area (Å²) in [5, 5.41) is 0. The Labute approximate surface area is 127 Å². The number of piperidine rings is 1. The van der Waals surface area contributed by atoms with Crippen LogP contribution >= 0.6 is 12.4 Å². The molecule has 8 heteroatoms. The Morgan fingerprint density at radius 3 is 2.30 bits per heavy atom. The average molecular weight is 328 g/mol. The fourth-order valence-electron chi connectivity index (χ4n) is 2.45. The first kappa shape index (κ1) is 19.6. The monoisotopic (exact) mass is 327 g/mol. The summed E-state index contributed by atoms with van der Waals surface area (Å²) >= 11 is 0. The van der Waals surface area contributed by atoms with Gasteiger partial charge in [0.05, 0.1) is 6.26 Å². The van der Waals surface area contributed by atoms with Gasteiger partial charge in [-0.3, -0.25) is 4.79 Å². The lowest BCUT2D eigenvalue weighted by Crippen LogP contribution is -2.61. The van der Waals surface area contributed by atoms with Crippen LogP contribution < -0.4 is 10.5 Å². The Hall–Kier alpha value is -0.370. The predicted molar refractivity (Wildman–Crippen MR) is 82.3 cm³/mol. The van der Waals surface area contributed by atoms with Gasteiger partial charge >= 0.3 is 0 Å². The third kappa shape index (κ3) is 4.87. The third-order valence-corrected chi connectivity index (χ3v) is 4.46. The summed E-state index contributed by atoms with van der Waals surface area (Å²) in [6, 6.07) is 0.0579. The van der Waals surface area contributed by atoms with Crippen LogP contribution in [0, 0.1) is 5.41 Å². The number of hydrogen-bond acceptors (Lipinski definition) is 4. The summed E-state index contributed by atoms with van der Waals surface area (Å²) in [4.78, 5) is 14.1. The molecule has 1 unspecified atom stereocenters. The number of sulfonamides is 1. The van der Waals surface area contributed by atoms with Crippen LogP contribution in [0.4, 0.5) is 0 Å². The van der Waals surface area contributed by atoms with Gasteiger partial charge in [-0.05, 0) is 25.7 Å². The van der Waals surface area contributed by atoms with Gasteiger partial charge in [0, 0.05) is 19.1 Å². The van der Waals surface area contributed by atoms with E-state index in [-0.39, 0.29) is 29.8 Å². The largest absolute Gasteiger partial charge is 0.340 e. The van der Waals surface area contributed by atoms with Crippen molar-refractivity contribution in [2.24, 2.45) is 11.1 Å². The van der Waals surface area contributed by atoms with Gasteiger partial charge in [-0.1, -0.05) is 13.8 Å². The van der Waals surface area contributed by atoms with Gasteiger partial charge in [0.15, 0.2) is 0 Å². The SMILES string of the molecule is CC(C)(NS(C)(=O)=O)C(=O)N1CCC(N)C(C)(C)C1.Cl. The molecule has 6 nitrogen and oxygen atoms in total. The molecule has 0 aliphatic carbocycles. The summed E-state index contributed by atoms with van der Waals surface area (Å²) < 4.78 is 25.0. The lowest BCUT2D eigenvalue weighted by atomic mass is 9.79. The van der Waals surface area contributed by atoms with Gasteiger partial charge in [0.2, 0.25) is 15.9 Å². The van der Waals surface area contributed by atoms with Crippen molar-refractivity contribution in [2.45, 2.75) is 45.7 Å². The molecule has 3 N–H and O–H groups in total. The van der Waals surface area contributed by atoms with E-state index < -0.39 is 15.6 Å². The molecule has 0 aromatic heterocycles. The van der Waals surface area contributed by atoms with Crippen LogP contribution in [0.25, 0.3) is 0 Å². The maximum Gasteiger partial charge on any atom is 0.243 e. The van der Waals surface area contributed by atoms with E-state index in [1.807, 2.05) is 13.8 Å². The van der Waals surface area contributed by atoms with E-state index in [2.05, 4.69) is 4.72 Å². The number of halogens is 1. The summed E-state index contributed by atoms with van der Waals surface area (Å²) in [6.45, 7) is 8.32. The van der Waals surface area contributed by atoms with Crippen molar-refractivity contribution >= 4 is 28.3 Å². The first-order valence-corrected chi connectivity index (χ1v) is 8.28. The Bertz CT molecular complexity index is 463. The summed E-state index contributed by atoms with van der Waals surface area (Å²) in [6.07, 6.45) is 1.78. The van der Waals surface area contributed by atoms with E-state index in [0.29, 0.717) is 13.1 Å². The average Bonchev–Trinajstić information content (AvgIpc) is 2.17. The molecule has 1 aliphatic heterocycles. The predicted octanol–water partition coefficient (Wildman–Crippen LogP) is 0.322. The molecule has 1 amide bonds. The molecule has 1 aliphatic rings. The Morgan fingerprint density at radius 2 is 1.90 bits per heavy atom. The molecule has 0 radical (unpaired) electrons. The van der Waals surface area contributed by atoms with Crippen molar-refractivity contribution in [3.63, 3.8) is 0 Å². The van der Waals surface area contributed by atoms with Crippen LogP contribution in [0.15, 0.2) is 0 Å². The molecule has 1 heterocycles. The lowest BCUT2D eigenvalue weighted by molar-refractivity contribution is -0.139. The summed E-state index contributed by atoms with van der Waals surface area (Å²) in [7, 11) is -3.43. The second-order valence-corrected chi connectivity index (χ2v) is 8.36. The van der Waals surface area contributed by atoms with Crippen LogP contribution in [0.5, 0.6) is 0 Å². The third-order valence-electron chi connectivity index (χ3n) is 3.57. The minimum absolute atomic E-state index is 0. The second kappa shape index (κ2) is 6.17. The van der Waals surface area contributed by atoms with E-state index in [4.69, 9.17) is 5.73 Å². The number of likely N-dealkylation sites (tertiary alicyclic amines) is 1. The minimum atomic E-state index is -3.43. The first-order chi connectivity index (χ1) is 8.35. The molecule has 0 saturated carbocycles. The molecule has 0 spiro atoms. The van der Waals surface area contributed by atoms with E-state index >= 15 is 0 Å². The van der Waals surface area contributed by atoms with Gasteiger partial charge in [0.25, 0.3) is 0 Å². The molecule has 1 rings (SSSR count). The van der Waals surface area contributed by atoms with Gasteiger partial charge in [0.1, 0.15) is 5.54 Å². The smallest absolute Gasteiger partial charge is 0.243 e. The topological polar surface area (TPSA) is 92.5 Å². The minimum Gasteiger partial charge on any atom is -0.340 e.